The lowest BCUT2D eigenvalue weighted by Crippen LogP contribution is -2.50. The van der Waals surface area contributed by atoms with E-state index in [0.717, 1.165) is 46.9 Å². The first-order valence-electron chi connectivity index (χ1n) is 16.2. The van der Waals surface area contributed by atoms with Crippen LogP contribution in [0.2, 0.25) is 0 Å². The molecule has 0 bridgehead atoms. The molecule has 1 aliphatic rings. The number of rotatable bonds is 10. The summed E-state index contributed by atoms with van der Waals surface area (Å²) in [5.74, 6) is 2.68. The fourth-order valence-corrected chi connectivity index (χ4v) is 5.44. The molecule has 1 amide bonds. The molecule has 48 heavy (non-hydrogen) atoms. The van der Waals surface area contributed by atoms with Crippen LogP contribution in [0.5, 0.6) is 11.5 Å². The number of aromatic nitrogens is 3. The number of carbonyl (C=O) groups is 1. The summed E-state index contributed by atoms with van der Waals surface area (Å²) in [7, 11) is 1.66. The van der Waals surface area contributed by atoms with Crippen molar-refractivity contribution in [2.75, 3.05) is 43.5 Å². The van der Waals surface area contributed by atoms with Gasteiger partial charge in [-0.1, -0.05) is 54.6 Å². The Morgan fingerprint density at radius 1 is 0.792 bits per heavy atom. The molecule has 1 saturated heterocycles. The van der Waals surface area contributed by atoms with Crippen molar-refractivity contribution < 1.29 is 19.0 Å². The highest BCUT2D eigenvalue weighted by atomic mass is 16.6. The number of amides is 1. The van der Waals surface area contributed by atoms with E-state index in [4.69, 9.17) is 24.3 Å². The van der Waals surface area contributed by atoms with Gasteiger partial charge in [0, 0.05) is 38.4 Å². The fourth-order valence-electron chi connectivity index (χ4n) is 5.44. The molecule has 6 rings (SSSR count). The predicted molar refractivity (Wildman–Crippen MR) is 188 cm³/mol. The molecular weight excluding hydrogens is 604 g/mol. The first-order chi connectivity index (χ1) is 23.3. The minimum absolute atomic E-state index is 0.263. The van der Waals surface area contributed by atoms with Crippen molar-refractivity contribution in [3.05, 3.63) is 114 Å². The van der Waals surface area contributed by atoms with Crippen LogP contribution in [0.25, 0.3) is 17.1 Å². The second kappa shape index (κ2) is 14.5. The van der Waals surface area contributed by atoms with Gasteiger partial charge < -0.3 is 29.3 Å². The van der Waals surface area contributed by atoms with Crippen LogP contribution in [0.4, 0.5) is 16.4 Å². The summed E-state index contributed by atoms with van der Waals surface area (Å²) in [5, 5.41) is 8.47. The first kappa shape index (κ1) is 32.4. The van der Waals surface area contributed by atoms with Gasteiger partial charge in [0.1, 0.15) is 23.7 Å². The number of piperazine rings is 1. The Hall–Kier alpha value is -5.51. The standard InChI is InChI=1S/C38H42N6O4/c1-38(2,3)48-37(45)43-24-22-42(23-25-43)30-16-18-31(19-17-30)44-36(39-26-28-14-20-32(46-4)21-15-28)40-35(41-44)33-12-8-9-13-34(33)47-27-29-10-6-5-7-11-29/h5-21H,22-27H2,1-4H3,(H,39,40,41). The summed E-state index contributed by atoms with van der Waals surface area (Å²) in [5.41, 5.74) is 4.41. The number of nitrogens with zero attached hydrogens (tertiary/aromatic N) is 5. The van der Waals surface area contributed by atoms with Crippen LogP contribution in [-0.4, -0.2) is 64.6 Å². The van der Waals surface area contributed by atoms with Crippen LogP contribution in [0.1, 0.15) is 31.9 Å². The maximum Gasteiger partial charge on any atom is 0.410 e. The molecule has 4 aromatic carbocycles. The maximum absolute atomic E-state index is 12.5. The zero-order valence-corrected chi connectivity index (χ0v) is 27.9. The Morgan fingerprint density at radius 2 is 1.46 bits per heavy atom. The normalized spacial score (nSPS) is 13.2. The van der Waals surface area contributed by atoms with E-state index in [9.17, 15) is 4.79 Å². The van der Waals surface area contributed by atoms with E-state index in [1.807, 2.05) is 116 Å². The summed E-state index contributed by atoms with van der Waals surface area (Å²) in [4.78, 5) is 21.6. The number of benzene rings is 4. The van der Waals surface area contributed by atoms with Gasteiger partial charge >= 0.3 is 6.09 Å². The van der Waals surface area contributed by atoms with Crippen molar-refractivity contribution >= 4 is 17.7 Å². The molecule has 5 aromatic rings. The molecule has 2 heterocycles. The fraction of sp³-hybridized carbons (Fsp3) is 0.289. The quantitative estimate of drug-likeness (QED) is 0.170. The lowest BCUT2D eigenvalue weighted by molar-refractivity contribution is 0.0240. The summed E-state index contributed by atoms with van der Waals surface area (Å²) in [6.45, 7) is 9.31. The summed E-state index contributed by atoms with van der Waals surface area (Å²) < 4.78 is 19.0. The molecule has 0 spiro atoms. The van der Waals surface area contributed by atoms with Crippen molar-refractivity contribution in [3.63, 3.8) is 0 Å². The van der Waals surface area contributed by atoms with Crippen LogP contribution >= 0.6 is 0 Å². The van der Waals surface area contributed by atoms with E-state index in [-0.39, 0.29) is 6.09 Å². The number of anilines is 2. The molecule has 248 valence electrons. The van der Waals surface area contributed by atoms with Crippen molar-refractivity contribution in [1.29, 1.82) is 0 Å². The summed E-state index contributed by atoms with van der Waals surface area (Å²) in [6, 6.07) is 34.1. The Balaban J connectivity index is 1.23. The number of carbonyl (C=O) groups excluding carboxylic acids is 1. The summed E-state index contributed by atoms with van der Waals surface area (Å²) in [6.07, 6.45) is -0.263. The smallest absolute Gasteiger partial charge is 0.410 e. The van der Waals surface area contributed by atoms with E-state index >= 15 is 0 Å². The Bertz CT molecular complexity index is 1790. The molecule has 0 saturated carbocycles. The van der Waals surface area contributed by atoms with Gasteiger partial charge in [-0.15, -0.1) is 5.10 Å². The van der Waals surface area contributed by atoms with E-state index in [1.165, 1.54) is 0 Å². The molecule has 10 nitrogen and oxygen atoms in total. The number of methoxy groups -OCH3 is 1. The molecule has 1 aliphatic heterocycles. The van der Waals surface area contributed by atoms with Crippen molar-refractivity contribution in [2.24, 2.45) is 0 Å². The SMILES string of the molecule is COc1ccc(CNc2nc(-c3ccccc3OCc3ccccc3)nn2-c2ccc(N3CCN(C(=O)OC(C)(C)C)CC3)cc2)cc1. The molecule has 0 aliphatic carbocycles. The lowest BCUT2D eigenvalue weighted by Gasteiger charge is -2.36. The Kier molecular flexibility index (Phi) is 9.80. The van der Waals surface area contributed by atoms with Crippen molar-refractivity contribution in [2.45, 2.75) is 39.5 Å². The van der Waals surface area contributed by atoms with E-state index in [1.54, 1.807) is 12.0 Å². The zero-order valence-electron chi connectivity index (χ0n) is 27.9. The van der Waals surface area contributed by atoms with Crippen LogP contribution in [0, 0.1) is 0 Å². The molecule has 0 unspecified atom stereocenters. The van der Waals surface area contributed by atoms with E-state index in [2.05, 4.69) is 22.3 Å². The van der Waals surface area contributed by atoms with Gasteiger partial charge in [0.2, 0.25) is 5.95 Å². The Labute approximate surface area is 281 Å². The zero-order chi connectivity index (χ0) is 33.5. The van der Waals surface area contributed by atoms with E-state index in [0.29, 0.717) is 43.8 Å². The molecule has 10 heteroatoms. The highest BCUT2D eigenvalue weighted by molar-refractivity contribution is 5.69. The summed E-state index contributed by atoms with van der Waals surface area (Å²) >= 11 is 0. The van der Waals surface area contributed by atoms with Crippen molar-refractivity contribution in [3.8, 4) is 28.6 Å². The van der Waals surface area contributed by atoms with Crippen LogP contribution in [0.3, 0.4) is 0 Å². The average Bonchev–Trinajstić information content (AvgIpc) is 3.54. The monoisotopic (exact) mass is 646 g/mol. The second-order valence-electron chi connectivity index (χ2n) is 12.6. The number of ether oxygens (including phenoxy) is 3. The van der Waals surface area contributed by atoms with Crippen molar-refractivity contribution in [1.82, 2.24) is 19.7 Å². The molecule has 1 aromatic heterocycles. The third kappa shape index (κ3) is 8.06. The maximum atomic E-state index is 12.5. The van der Waals surface area contributed by atoms with Gasteiger partial charge in [-0.2, -0.15) is 9.67 Å². The largest absolute Gasteiger partial charge is 0.497 e. The van der Waals surface area contributed by atoms with Crippen LogP contribution in [0.15, 0.2) is 103 Å². The third-order valence-electron chi connectivity index (χ3n) is 7.97. The predicted octanol–water partition coefficient (Wildman–Crippen LogP) is 7.19. The molecule has 1 fully saturated rings. The minimum atomic E-state index is -0.509. The number of hydrogen-bond donors (Lipinski definition) is 1. The topological polar surface area (TPSA) is 94.0 Å². The van der Waals surface area contributed by atoms with Gasteiger partial charge in [0.05, 0.1) is 18.4 Å². The highest BCUT2D eigenvalue weighted by Gasteiger charge is 2.26. The minimum Gasteiger partial charge on any atom is -0.497 e. The number of nitrogens with one attached hydrogen (secondary N) is 1. The average molecular weight is 647 g/mol. The van der Waals surface area contributed by atoms with Crippen LogP contribution < -0.4 is 19.7 Å². The lowest BCUT2D eigenvalue weighted by atomic mass is 10.2. The number of para-hydroxylation sites is 1. The first-order valence-corrected chi connectivity index (χ1v) is 16.2. The molecule has 0 radical (unpaired) electrons. The number of hydrogen-bond acceptors (Lipinski definition) is 8. The second-order valence-corrected chi connectivity index (χ2v) is 12.6. The molecule has 0 atom stereocenters. The third-order valence-corrected chi connectivity index (χ3v) is 7.97. The van der Waals surface area contributed by atoms with Gasteiger partial charge in [0.25, 0.3) is 0 Å². The van der Waals surface area contributed by atoms with Gasteiger partial charge in [-0.05, 0) is 80.4 Å². The molecular formula is C38H42N6O4. The highest BCUT2D eigenvalue weighted by Crippen LogP contribution is 2.31. The van der Waals surface area contributed by atoms with Gasteiger partial charge in [-0.3, -0.25) is 0 Å². The van der Waals surface area contributed by atoms with Crippen LogP contribution in [-0.2, 0) is 17.9 Å². The molecule has 1 N–H and O–H groups in total. The Morgan fingerprint density at radius 3 is 2.15 bits per heavy atom. The van der Waals surface area contributed by atoms with Gasteiger partial charge in [-0.25, -0.2) is 4.79 Å². The van der Waals surface area contributed by atoms with E-state index < -0.39 is 5.60 Å². The van der Waals surface area contributed by atoms with Gasteiger partial charge in [0.15, 0.2) is 5.82 Å².